The summed E-state index contributed by atoms with van der Waals surface area (Å²) in [7, 11) is 1.34. The number of hydrogen-bond donors (Lipinski definition) is 1. The zero-order chi connectivity index (χ0) is 16.1. The minimum atomic E-state index is -0.965. The van der Waals surface area contributed by atoms with E-state index in [1.807, 2.05) is 18.2 Å². The van der Waals surface area contributed by atoms with Gasteiger partial charge in [-0.2, -0.15) is 0 Å². The number of methoxy groups -OCH3 is 1. The first-order chi connectivity index (χ1) is 10.5. The second kappa shape index (κ2) is 7.80. The number of ether oxygens (including phenoxy) is 1. The molecule has 2 rings (SSSR count). The largest absolute Gasteiger partial charge is 0.469 e. The smallest absolute Gasteiger partial charge is 0.407 e. The van der Waals surface area contributed by atoms with Gasteiger partial charge in [-0.25, -0.2) is 4.79 Å². The van der Waals surface area contributed by atoms with Crippen molar-refractivity contribution in [1.82, 2.24) is 4.90 Å². The SMILES string of the molecule is COC(=O)[C@H]1CC[C@H](C(I)Cc2ccccc2)N(C(=O)O)C1. The lowest BCUT2D eigenvalue weighted by atomic mass is 9.90. The van der Waals surface area contributed by atoms with E-state index in [0.29, 0.717) is 12.8 Å². The molecule has 1 aromatic carbocycles. The van der Waals surface area contributed by atoms with E-state index in [4.69, 9.17) is 4.74 Å². The fraction of sp³-hybridized carbons (Fsp3) is 0.500. The Bertz CT molecular complexity index is 522. The minimum absolute atomic E-state index is 0.0702. The summed E-state index contributed by atoms with van der Waals surface area (Å²) < 4.78 is 4.92. The molecule has 0 bridgehead atoms. The van der Waals surface area contributed by atoms with Crippen molar-refractivity contribution in [1.29, 1.82) is 0 Å². The van der Waals surface area contributed by atoms with E-state index in [0.717, 1.165) is 6.42 Å². The summed E-state index contributed by atoms with van der Waals surface area (Å²) in [4.78, 5) is 24.6. The second-order valence-electron chi connectivity index (χ2n) is 5.51. The summed E-state index contributed by atoms with van der Waals surface area (Å²) in [6, 6.07) is 9.98. The predicted octanol–water partition coefficient (Wildman–Crippen LogP) is 2.96. The fourth-order valence-corrected chi connectivity index (χ4v) is 4.18. The van der Waals surface area contributed by atoms with E-state index < -0.39 is 6.09 Å². The third-order valence-corrected chi connectivity index (χ3v) is 5.37. The van der Waals surface area contributed by atoms with Gasteiger partial charge in [-0.05, 0) is 24.8 Å². The number of carbonyl (C=O) groups is 2. The number of benzene rings is 1. The molecule has 0 aromatic heterocycles. The Labute approximate surface area is 143 Å². The van der Waals surface area contributed by atoms with Crippen LogP contribution in [0.4, 0.5) is 4.79 Å². The van der Waals surface area contributed by atoms with E-state index in [1.54, 1.807) is 0 Å². The van der Waals surface area contributed by atoms with Crippen LogP contribution in [0, 0.1) is 5.92 Å². The van der Waals surface area contributed by atoms with Crippen molar-refractivity contribution in [2.75, 3.05) is 13.7 Å². The lowest BCUT2D eigenvalue weighted by Crippen LogP contribution is -2.52. The Morgan fingerprint density at radius 2 is 2.05 bits per heavy atom. The van der Waals surface area contributed by atoms with Crippen LogP contribution in [0.2, 0.25) is 0 Å². The highest BCUT2D eigenvalue weighted by Crippen LogP contribution is 2.30. The third kappa shape index (κ3) is 4.12. The third-order valence-electron chi connectivity index (χ3n) is 4.10. The Kier molecular flexibility index (Phi) is 6.05. The van der Waals surface area contributed by atoms with Crippen molar-refractivity contribution in [2.45, 2.75) is 29.2 Å². The van der Waals surface area contributed by atoms with Crippen molar-refractivity contribution < 1.29 is 19.4 Å². The van der Waals surface area contributed by atoms with Crippen LogP contribution in [0.25, 0.3) is 0 Å². The first-order valence-corrected chi connectivity index (χ1v) is 8.53. The first-order valence-electron chi connectivity index (χ1n) is 7.28. The average Bonchev–Trinajstić information content (AvgIpc) is 2.54. The number of hydrogen-bond acceptors (Lipinski definition) is 3. The number of carbonyl (C=O) groups excluding carboxylic acids is 1. The molecule has 1 aromatic rings. The molecule has 1 aliphatic heterocycles. The number of esters is 1. The van der Waals surface area contributed by atoms with Crippen LogP contribution in [0.1, 0.15) is 18.4 Å². The van der Waals surface area contributed by atoms with Crippen LogP contribution in [-0.2, 0) is 16.0 Å². The molecule has 120 valence electrons. The summed E-state index contributed by atoms with van der Waals surface area (Å²) >= 11 is 2.33. The number of amides is 1. The normalized spacial score (nSPS) is 22.9. The van der Waals surface area contributed by atoms with Crippen LogP contribution < -0.4 is 0 Å². The van der Waals surface area contributed by atoms with Crippen molar-refractivity contribution in [3.8, 4) is 0 Å². The van der Waals surface area contributed by atoms with Crippen molar-refractivity contribution in [2.24, 2.45) is 5.92 Å². The molecule has 1 aliphatic rings. The van der Waals surface area contributed by atoms with Gasteiger partial charge in [0.05, 0.1) is 13.0 Å². The van der Waals surface area contributed by atoms with E-state index in [2.05, 4.69) is 34.7 Å². The monoisotopic (exact) mass is 417 g/mol. The number of alkyl halides is 1. The number of halogens is 1. The average molecular weight is 417 g/mol. The summed E-state index contributed by atoms with van der Waals surface area (Å²) in [5.41, 5.74) is 1.20. The minimum Gasteiger partial charge on any atom is -0.469 e. The lowest BCUT2D eigenvalue weighted by Gasteiger charge is -2.39. The second-order valence-corrected chi connectivity index (χ2v) is 7.11. The van der Waals surface area contributed by atoms with Crippen molar-refractivity contribution >= 4 is 34.7 Å². The molecule has 1 N–H and O–H groups in total. The molecule has 1 heterocycles. The molecule has 5 nitrogen and oxygen atoms in total. The first kappa shape index (κ1) is 17.1. The lowest BCUT2D eigenvalue weighted by molar-refractivity contribution is -0.147. The van der Waals surface area contributed by atoms with Gasteiger partial charge in [0.1, 0.15) is 0 Å². The van der Waals surface area contributed by atoms with Gasteiger partial charge in [0.25, 0.3) is 0 Å². The molecule has 1 fully saturated rings. The maximum atomic E-state index is 11.7. The Morgan fingerprint density at radius 1 is 1.36 bits per heavy atom. The van der Waals surface area contributed by atoms with E-state index in [9.17, 15) is 14.7 Å². The topological polar surface area (TPSA) is 66.8 Å². The van der Waals surface area contributed by atoms with Crippen molar-refractivity contribution in [3.63, 3.8) is 0 Å². The molecular formula is C16H20INO4. The quantitative estimate of drug-likeness (QED) is 0.465. The van der Waals surface area contributed by atoms with E-state index in [-0.39, 0.29) is 28.4 Å². The van der Waals surface area contributed by atoms with Crippen LogP contribution in [-0.4, -0.2) is 45.7 Å². The molecule has 0 aliphatic carbocycles. The maximum absolute atomic E-state index is 11.7. The Morgan fingerprint density at radius 3 is 2.64 bits per heavy atom. The number of likely N-dealkylation sites (tertiary alicyclic amines) is 1. The molecule has 6 heteroatoms. The molecule has 1 unspecified atom stereocenters. The number of carboxylic acid groups (broad SMARTS) is 1. The van der Waals surface area contributed by atoms with E-state index in [1.165, 1.54) is 17.6 Å². The molecule has 3 atom stereocenters. The van der Waals surface area contributed by atoms with Crippen LogP contribution in [0.5, 0.6) is 0 Å². The number of rotatable bonds is 4. The zero-order valence-electron chi connectivity index (χ0n) is 12.4. The standard InChI is InChI=1S/C16H20INO4/c1-22-15(19)12-7-8-14(18(10-12)16(20)21)13(17)9-11-5-3-2-4-6-11/h2-6,12-14H,7-10H2,1H3,(H,20,21)/t12-,13?,14+/m0/s1. The maximum Gasteiger partial charge on any atom is 0.407 e. The highest BCUT2D eigenvalue weighted by atomic mass is 127. The van der Waals surface area contributed by atoms with Crippen LogP contribution in [0.3, 0.4) is 0 Å². The van der Waals surface area contributed by atoms with Crippen LogP contribution in [0.15, 0.2) is 30.3 Å². The van der Waals surface area contributed by atoms with Gasteiger partial charge in [0, 0.05) is 16.5 Å². The summed E-state index contributed by atoms with van der Waals surface area (Å²) in [6.45, 7) is 0.223. The van der Waals surface area contributed by atoms with Gasteiger partial charge >= 0.3 is 12.1 Å². The molecule has 1 amide bonds. The van der Waals surface area contributed by atoms with Gasteiger partial charge in [-0.1, -0.05) is 52.9 Å². The molecule has 0 radical (unpaired) electrons. The molecular weight excluding hydrogens is 397 g/mol. The highest BCUT2D eigenvalue weighted by molar-refractivity contribution is 14.1. The summed E-state index contributed by atoms with van der Waals surface area (Å²) in [5, 5.41) is 9.47. The Hall–Kier alpha value is -1.31. The zero-order valence-corrected chi connectivity index (χ0v) is 14.6. The van der Waals surface area contributed by atoms with Gasteiger partial charge in [-0.15, -0.1) is 0 Å². The number of piperidine rings is 1. The fourth-order valence-electron chi connectivity index (χ4n) is 2.92. The van der Waals surface area contributed by atoms with Gasteiger partial charge in [0.15, 0.2) is 0 Å². The molecule has 1 saturated heterocycles. The highest BCUT2D eigenvalue weighted by Gasteiger charge is 2.38. The number of nitrogens with zero attached hydrogens (tertiary/aromatic N) is 1. The molecule has 0 spiro atoms. The van der Waals surface area contributed by atoms with E-state index >= 15 is 0 Å². The Balaban J connectivity index is 2.06. The summed E-state index contributed by atoms with van der Waals surface area (Å²) in [6.07, 6.45) is 1.22. The van der Waals surface area contributed by atoms with Gasteiger partial charge in [0.2, 0.25) is 0 Å². The van der Waals surface area contributed by atoms with Crippen LogP contribution >= 0.6 is 22.6 Å². The van der Waals surface area contributed by atoms with Crippen molar-refractivity contribution in [3.05, 3.63) is 35.9 Å². The molecule has 22 heavy (non-hydrogen) atoms. The van der Waals surface area contributed by atoms with Gasteiger partial charge in [-0.3, -0.25) is 4.79 Å². The van der Waals surface area contributed by atoms with Gasteiger partial charge < -0.3 is 14.7 Å². The summed E-state index contributed by atoms with van der Waals surface area (Å²) in [5.74, 6) is -0.671. The predicted molar refractivity (Wildman–Crippen MR) is 91.2 cm³/mol. The molecule has 0 saturated carbocycles.